The Hall–Kier alpha value is -7.76. The minimum Gasteiger partial charge on any atom is -0.455 e. The summed E-state index contributed by atoms with van der Waals surface area (Å²) in [5.74, 6) is 1.48. The molecular formula is C56H40N4O. The van der Waals surface area contributed by atoms with Crippen molar-refractivity contribution in [2.45, 2.75) is 25.4 Å². The number of hydrogen-bond donors (Lipinski definition) is 1. The molecule has 1 unspecified atom stereocenters. The molecule has 5 heteroatoms. The molecular weight excluding hydrogens is 745 g/mol. The summed E-state index contributed by atoms with van der Waals surface area (Å²) < 4.78 is 6.53. The smallest absolute Gasteiger partial charge is 0.159 e. The highest BCUT2D eigenvalue weighted by Crippen LogP contribution is 2.53. The first-order valence-electron chi connectivity index (χ1n) is 20.9. The number of furan rings is 1. The molecule has 0 spiro atoms. The van der Waals surface area contributed by atoms with Crippen molar-refractivity contribution in [3.63, 3.8) is 0 Å². The summed E-state index contributed by atoms with van der Waals surface area (Å²) in [6, 6.07) is 64.6. The van der Waals surface area contributed by atoms with E-state index in [9.17, 15) is 0 Å². The molecule has 0 radical (unpaired) electrons. The van der Waals surface area contributed by atoms with Crippen molar-refractivity contribution in [3.05, 3.63) is 221 Å². The molecule has 1 atom stereocenters. The van der Waals surface area contributed by atoms with E-state index < -0.39 is 0 Å². The lowest BCUT2D eigenvalue weighted by atomic mass is 9.82. The molecule has 5 nitrogen and oxygen atoms in total. The summed E-state index contributed by atoms with van der Waals surface area (Å²) in [5, 5.41) is 5.94. The van der Waals surface area contributed by atoms with Crippen LogP contribution in [0, 0.1) is 0 Å². The zero-order chi connectivity index (χ0) is 40.7. The Kier molecular flexibility index (Phi) is 7.88. The van der Waals surface area contributed by atoms with Crippen LogP contribution in [0.25, 0.3) is 56.3 Å². The third-order valence-corrected chi connectivity index (χ3v) is 12.7. The van der Waals surface area contributed by atoms with Crippen LogP contribution in [-0.4, -0.2) is 11.7 Å². The Morgan fingerprint density at radius 3 is 2.11 bits per heavy atom. The Morgan fingerprint density at radius 2 is 1.25 bits per heavy atom. The number of benzene rings is 8. The van der Waals surface area contributed by atoms with E-state index in [1.807, 2.05) is 36.4 Å². The minimum absolute atomic E-state index is 0.130. The molecule has 3 heterocycles. The van der Waals surface area contributed by atoms with Crippen molar-refractivity contribution in [2.24, 2.45) is 9.98 Å². The topological polar surface area (TPSA) is 53.1 Å². The van der Waals surface area contributed by atoms with Crippen molar-refractivity contribution in [2.75, 3.05) is 4.90 Å². The molecule has 1 N–H and O–H groups in total. The first-order valence-corrected chi connectivity index (χ1v) is 20.9. The molecule has 8 aromatic carbocycles. The van der Waals surface area contributed by atoms with Gasteiger partial charge in [0, 0.05) is 38.6 Å². The van der Waals surface area contributed by atoms with E-state index >= 15 is 0 Å². The van der Waals surface area contributed by atoms with Crippen molar-refractivity contribution in [1.82, 2.24) is 5.32 Å². The lowest BCUT2D eigenvalue weighted by Gasteiger charge is -2.30. The van der Waals surface area contributed by atoms with Gasteiger partial charge < -0.3 is 14.6 Å². The quantitative estimate of drug-likeness (QED) is 0.189. The summed E-state index contributed by atoms with van der Waals surface area (Å²) in [7, 11) is 0. The molecule has 0 saturated carbocycles. The maximum absolute atomic E-state index is 6.53. The van der Waals surface area contributed by atoms with Gasteiger partial charge in [0.1, 0.15) is 23.2 Å². The van der Waals surface area contributed by atoms with Crippen molar-refractivity contribution >= 4 is 62.8 Å². The number of aliphatic imine (C=N–C) groups is 2. The zero-order valence-corrected chi connectivity index (χ0v) is 33.8. The number of anilines is 3. The second-order valence-electron chi connectivity index (χ2n) is 16.6. The van der Waals surface area contributed by atoms with Gasteiger partial charge in [0.05, 0.1) is 11.4 Å². The van der Waals surface area contributed by atoms with Gasteiger partial charge in [-0.15, -0.1) is 0 Å². The lowest BCUT2D eigenvalue weighted by Crippen LogP contribution is -2.33. The average Bonchev–Trinajstić information content (AvgIpc) is 3.74. The predicted octanol–water partition coefficient (Wildman–Crippen LogP) is 14.0. The summed E-state index contributed by atoms with van der Waals surface area (Å²) in [6.07, 6.45) is 4.28. The monoisotopic (exact) mass is 784 g/mol. The molecule has 9 aromatic rings. The number of rotatable bonds is 5. The highest BCUT2D eigenvalue weighted by molar-refractivity contribution is 6.14. The van der Waals surface area contributed by atoms with E-state index in [4.69, 9.17) is 14.4 Å². The number of nitrogens with zero attached hydrogens (tertiary/aromatic N) is 3. The highest BCUT2D eigenvalue weighted by atomic mass is 16.3. The number of para-hydroxylation sites is 2. The van der Waals surface area contributed by atoms with Gasteiger partial charge in [0.2, 0.25) is 0 Å². The van der Waals surface area contributed by atoms with Crippen LogP contribution in [-0.2, 0) is 5.41 Å². The molecule has 1 aliphatic carbocycles. The fourth-order valence-corrected chi connectivity index (χ4v) is 9.61. The van der Waals surface area contributed by atoms with Crippen LogP contribution < -0.4 is 10.2 Å². The lowest BCUT2D eigenvalue weighted by molar-refractivity contribution is 0.660. The van der Waals surface area contributed by atoms with Gasteiger partial charge in [-0.3, -0.25) is 0 Å². The number of amidine groups is 2. The van der Waals surface area contributed by atoms with E-state index in [1.54, 1.807) is 0 Å². The Labute approximate surface area is 354 Å². The second kappa shape index (κ2) is 13.7. The third kappa shape index (κ3) is 5.69. The molecule has 0 saturated heterocycles. The van der Waals surface area contributed by atoms with E-state index in [2.05, 4.69) is 182 Å². The summed E-state index contributed by atoms with van der Waals surface area (Å²) in [6.45, 7) is 4.69. The van der Waals surface area contributed by atoms with Gasteiger partial charge in [-0.25, -0.2) is 9.98 Å². The van der Waals surface area contributed by atoms with Crippen LogP contribution >= 0.6 is 0 Å². The van der Waals surface area contributed by atoms with Gasteiger partial charge in [-0.05, 0) is 87.0 Å². The van der Waals surface area contributed by atoms with E-state index in [0.717, 1.165) is 83.8 Å². The first kappa shape index (κ1) is 35.2. The van der Waals surface area contributed by atoms with Crippen LogP contribution in [0.15, 0.2) is 196 Å². The van der Waals surface area contributed by atoms with Gasteiger partial charge >= 0.3 is 0 Å². The predicted molar refractivity (Wildman–Crippen MR) is 252 cm³/mol. The van der Waals surface area contributed by atoms with E-state index in [1.165, 1.54) is 22.3 Å². The molecule has 1 aromatic heterocycles. The SMILES string of the molecule is CC1(C)c2ccccc2-c2cc3c(cc21)C=Cc1cc(-c2cccc4c2oc2ccccc24)ccc1N3c1cccc(C2=NC(c3ccccc3)=NC(c3ccccc3)N2)c1. The number of nitrogens with one attached hydrogen (secondary N) is 1. The standard InChI is InChI=1S/C56H40N4O/c1-56(2)47-25-11-9-21-43(47)46-34-50-39(33-48(46)56)28-27-38-31-37(42-23-14-24-45-44-22-10-12-26-51(44)61-52(42)45)29-30-49(38)60(50)41-20-13-19-40(32-41)55-58-53(35-15-5-3-6-16-35)57-54(59-55)36-17-7-4-8-18-36/h3-34,53H,1-2H3,(H,57,58,59). The molecule has 3 aliphatic rings. The fourth-order valence-electron chi connectivity index (χ4n) is 9.61. The summed E-state index contributed by atoms with van der Waals surface area (Å²) in [4.78, 5) is 12.7. The Bertz CT molecular complexity index is 3320. The molecule has 2 aliphatic heterocycles. The molecule has 61 heavy (non-hydrogen) atoms. The van der Waals surface area contributed by atoms with Crippen LogP contribution in [0.3, 0.4) is 0 Å². The Balaban J connectivity index is 1.03. The molecule has 0 fully saturated rings. The first-order chi connectivity index (χ1) is 30.0. The third-order valence-electron chi connectivity index (χ3n) is 12.7. The fraction of sp³-hybridized carbons (Fsp3) is 0.0714. The van der Waals surface area contributed by atoms with Crippen molar-refractivity contribution in [3.8, 4) is 22.3 Å². The maximum atomic E-state index is 6.53. The van der Waals surface area contributed by atoms with Gasteiger partial charge in [0.15, 0.2) is 5.84 Å². The van der Waals surface area contributed by atoms with Crippen molar-refractivity contribution < 1.29 is 4.42 Å². The van der Waals surface area contributed by atoms with Crippen molar-refractivity contribution in [1.29, 1.82) is 0 Å². The number of fused-ring (bicyclic) bond motifs is 8. The van der Waals surface area contributed by atoms with Crippen LogP contribution in [0.1, 0.15) is 59.0 Å². The Morgan fingerprint density at radius 1 is 0.541 bits per heavy atom. The molecule has 0 bridgehead atoms. The largest absolute Gasteiger partial charge is 0.455 e. The van der Waals surface area contributed by atoms with Gasteiger partial charge in [-0.2, -0.15) is 0 Å². The average molecular weight is 785 g/mol. The van der Waals surface area contributed by atoms with Crippen LogP contribution in [0.2, 0.25) is 0 Å². The number of hydrogen-bond acceptors (Lipinski definition) is 5. The second-order valence-corrected chi connectivity index (χ2v) is 16.6. The zero-order valence-electron chi connectivity index (χ0n) is 33.8. The summed E-state index contributed by atoms with van der Waals surface area (Å²) >= 11 is 0. The molecule has 290 valence electrons. The van der Waals surface area contributed by atoms with E-state index in [-0.39, 0.29) is 11.6 Å². The summed E-state index contributed by atoms with van der Waals surface area (Å²) in [5.41, 5.74) is 17.7. The van der Waals surface area contributed by atoms with Gasteiger partial charge in [-0.1, -0.05) is 166 Å². The van der Waals surface area contributed by atoms with Crippen LogP contribution in [0.4, 0.5) is 17.1 Å². The molecule has 12 rings (SSSR count). The highest BCUT2D eigenvalue weighted by Gasteiger charge is 2.37. The normalized spacial score (nSPS) is 15.9. The molecule has 0 amide bonds. The van der Waals surface area contributed by atoms with Crippen LogP contribution in [0.5, 0.6) is 0 Å². The van der Waals surface area contributed by atoms with E-state index in [0.29, 0.717) is 5.84 Å². The van der Waals surface area contributed by atoms with Gasteiger partial charge in [0.25, 0.3) is 0 Å². The maximum Gasteiger partial charge on any atom is 0.159 e. The minimum atomic E-state index is -0.294.